The van der Waals surface area contributed by atoms with Crippen molar-refractivity contribution in [1.82, 2.24) is 20.6 Å². The number of amides is 1. The Morgan fingerprint density at radius 1 is 1.24 bits per heavy atom. The molecule has 0 radical (unpaired) electrons. The molecule has 1 amide bonds. The van der Waals surface area contributed by atoms with Crippen LogP contribution in [0.1, 0.15) is 68.8 Å². The third-order valence-electron chi connectivity index (χ3n) is 5.05. The Bertz CT molecular complexity index is 722. The van der Waals surface area contributed by atoms with E-state index in [0.717, 1.165) is 49.8 Å². The number of nitrogens with two attached hydrogens (primary N) is 1. The molecule has 0 bridgehead atoms. The van der Waals surface area contributed by atoms with Gasteiger partial charge in [-0.05, 0) is 61.9 Å². The summed E-state index contributed by atoms with van der Waals surface area (Å²) in [6, 6.07) is 7.85. The van der Waals surface area contributed by atoms with Gasteiger partial charge in [0.1, 0.15) is 0 Å². The smallest absolute Gasteiger partial charge is 0.237 e. The monoisotopic (exact) mass is 397 g/mol. The van der Waals surface area contributed by atoms with Crippen LogP contribution in [-0.2, 0) is 17.8 Å². The van der Waals surface area contributed by atoms with Crippen molar-refractivity contribution in [2.24, 2.45) is 5.73 Å². The second-order valence-electron chi connectivity index (χ2n) is 7.08. The Hall–Kier alpha value is -2.31. The number of carbonyl (C=O) groups is 1. The van der Waals surface area contributed by atoms with Gasteiger partial charge in [-0.2, -0.15) is 0 Å². The zero-order chi connectivity index (χ0) is 20.9. The Morgan fingerprint density at radius 2 is 2.07 bits per heavy atom. The zero-order valence-electron chi connectivity index (χ0n) is 17.7. The molecule has 2 atom stereocenters. The summed E-state index contributed by atoms with van der Waals surface area (Å²) in [7, 11) is 0. The number of fused-ring (bicyclic) bond motifs is 1. The second-order valence-corrected chi connectivity index (χ2v) is 7.08. The van der Waals surface area contributed by atoms with Crippen LogP contribution in [0.2, 0.25) is 0 Å². The molecule has 1 aliphatic rings. The van der Waals surface area contributed by atoms with Crippen molar-refractivity contribution in [2.45, 2.75) is 71.0 Å². The molecule has 0 aromatic carbocycles. The lowest BCUT2D eigenvalue weighted by molar-refractivity contribution is -0.123. The van der Waals surface area contributed by atoms with Crippen molar-refractivity contribution < 1.29 is 4.79 Å². The molecule has 0 saturated carbocycles. The molecule has 0 fully saturated rings. The van der Waals surface area contributed by atoms with Gasteiger partial charge < -0.3 is 11.1 Å². The van der Waals surface area contributed by atoms with Crippen LogP contribution in [0.3, 0.4) is 0 Å². The summed E-state index contributed by atoms with van der Waals surface area (Å²) < 4.78 is 0. The largest absolute Gasteiger partial charge is 0.351 e. The van der Waals surface area contributed by atoms with Crippen LogP contribution < -0.4 is 16.4 Å². The van der Waals surface area contributed by atoms with E-state index < -0.39 is 0 Å². The number of rotatable bonds is 9. The molecule has 0 aliphatic heterocycles. The van der Waals surface area contributed by atoms with E-state index in [1.165, 1.54) is 5.56 Å². The number of nitrogens with zero attached hydrogens (tertiary/aromatic N) is 2. The minimum Gasteiger partial charge on any atom is -0.351 e. The SMILES string of the molecule is CC.NCCCCC(NC1CCCc2cccnc21)C(=O)NCc1cccnc1. The van der Waals surface area contributed by atoms with E-state index in [-0.39, 0.29) is 18.0 Å². The van der Waals surface area contributed by atoms with E-state index in [1.807, 2.05) is 38.2 Å². The molecule has 2 aromatic heterocycles. The van der Waals surface area contributed by atoms with Crippen LogP contribution in [0.5, 0.6) is 0 Å². The lowest BCUT2D eigenvalue weighted by Crippen LogP contribution is -2.46. The first kappa shape index (κ1) is 23.0. The standard InChI is InChI=1S/C21H29N5O.C2H6/c22-11-2-1-9-19(21(27)25-15-16-6-4-12-23-14-16)26-18-10-3-7-17-8-5-13-24-20(17)18;1-2/h4-6,8,12-14,18-19,26H,1-3,7,9-11,15,22H2,(H,25,27);1-2H3. The normalized spacial score (nSPS) is 16.2. The fourth-order valence-electron chi connectivity index (χ4n) is 3.61. The average molecular weight is 398 g/mol. The van der Waals surface area contributed by atoms with Crippen LogP contribution >= 0.6 is 0 Å². The molecule has 2 unspecified atom stereocenters. The second kappa shape index (κ2) is 13.0. The van der Waals surface area contributed by atoms with Gasteiger partial charge >= 0.3 is 0 Å². The average Bonchev–Trinajstić information content (AvgIpc) is 2.79. The Balaban J connectivity index is 0.00000145. The lowest BCUT2D eigenvalue weighted by atomic mass is 9.91. The fourth-order valence-corrected chi connectivity index (χ4v) is 3.61. The molecular formula is C23H35N5O. The van der Waals surface area contributed by atoms with E-state index in [0.29, 0.717) is 13.1 Å². The fraction of sp³-hybridized carbons (Fsp3) is 0.522. The molecule has 6 heteroatoms. The molecule has 0 spiro atoms. The highest BCUT2D eigenvalue weighted by Crippen LogP contribution is 2.28. The van der Waals surface area contributed by atoms with Gasteiger partial charge in [0, 0.05) is 25.1 Å². The quantitative estimate of drug-likeness (QED) is 0.565. The van der Waals surface area contributed by atoms with Crippen LogP contribution in [-0.4, -0.2) is 28.5 Å². The van der Waals surface area contributed by atoms with Crippen LogP contribution in [0.15, 0.2) is 42.9 Å². The number of hydrogen-bond acceptors (Lipinski definition) is 5. The number of hydrogen-bond donors (Lipinski definition) is 3. The van der Waals surface area contributed by atoms with Crippen molar-refractivity contribution in [3.63, 3.8) is 0 Å². The van der Waals surface area contributed by atoms with Crippen LogP contribution in [0, 0.1) is 0 Å². The van der Waals surface area contributed by atoms with Crippen molar-refractivity contribution in [2.75, 3.05) is 6.54 Å². The Labute approximate surface area is 174 Å². The molecule has 29 heavy (non-hydrogen) atoms. The summed E-state index contributed by atoms with van der Waals surface area (Å²) in [6.45, 7) is 5.14. The molecular weight excluding hydrogens is 362 g/mol. The van der Waals surface area contributed by atoms with Crippen molar-refractivity contribution in [3.8, 4) is 0 Å². The third-order valence-corrected chi connectivity index (χ3v) is 5.05. The van der Waals surface area contributed by atoms with E-state index in [2.05, 4.69) is 26.7 Å². The van der Waals surface area contributed by atoms with Crippen LogP contribution in [0.25, 0.3) is 0 Å². The predicted molar refractivity (Wildman–Crippen MR) is 117 cm³/mol. The highest BCUT2D eigenvalue weighted by Gasteiger charge is 2.26. The van der Waals surface area contributed by atoms with Crippen molar-refractivity contribution in [1.29, 1.82) is 0 Å². The highest BCUT2D eigenvalue weighted by atomic mass is 16.2. The number of aryl methyl sites for hydroxylation is 1. The first-order valence-electron chi connectivity index (χ1n) is 10.8. The molecule has 158 valence electrons. The zero-order valence-corrected chi connectivity index (χ0v) is 17.7. The number of carbonyl (C=O) groups excluding carboxylic acids is 1. The highest BCUT2D eigenvalue weighted by molar-refractivity contribution is 5.81. The topological polar surface area (TPSA) is 92.9 Å². The maximum Gasteiger partial charge on any atom is 0.237 e. The summed E-state index contributed by atoms with van der Waals surface area (Å²) in [6.07, 6.45) is 11.2. The summed E-state index contributed by atoms with van der Waals surface area (Å²) in [5.41, 5.74) is 9.01. The van der Waals surface area contributed by atoms with Gasteiger partial charge in [-0.25, -0.2) is 0 Å². The molecule has 4 N–H and O–H groups in total. The van der Waals surface area contributed by atoms with E-state index in [4.69, 9.17) is 5.73 Å². The van der Waals surface area contributed by atoms with Gasteiger partial charge in [0.15, 0.2) is 0 Å². The summed E-state index contributed by atoms with van der Waals surface area (Å²) in [5.74, 6) is 0.0268. The van der Waals surface area contributed by atoms with E-state index in [1.54, 1.807) is 12.4 Å². The maximum absolute atomic E-state index is 12.9. The van der Waals surface area contributed by atoms with Gasteiger partial charge in [-0.3, -0.25) is 20.1 Å². The maximum atomic E-state index is 12.9. The van der Waals surface area contributed by atoms with Gasteiger partial charge in [0.2, 0.25) is 5.91 Å². The first-order valence-corrected chi connectivity index (χ1v) is 10.8. The summed E-state index contributed by atoms with van der Waals surface area (Å²) in [4.78, 5) is 21.5. The minimum absolute atomic E-state index is 0.0268. The summed E-state index contributed by atoms with van der Waals surface area (Å²) >= 11 is 0. The first-order chi connectivity index (χ1) is 14.3. The Morgan fingerprint density at radius 3 is 2.83 bits per heavy atom. The summed E-state index contributed by atoms with van der Waals surface area (Å²) in [5, 5.41) is 6.62. The number of pyridine rings is 2. The third kappa shape index (κ3) is 7.22. The van der Waals surface area contributed by atoms with Gasteiger partial charge in [0.05, 0.1) is 17.8 Å². The predicted octanol–water partition coefficient (Wildman–Crippen LogP) is 3.28. The molecule has 2 heterocycles. The Kier molecular flexibility index (Phi) is 10.3. The number of aromatic nitrogens is 2. The molecule has 6 nitrogen and oxygen atoms in total. The molecule has 0 saturated heterocycles. The minimum atomic E-state index is -0.244. The van der Waals surface area contributed by atoms with Gasteiger partial charge in [-0.15, -0.1) is 0 Å². The number of unbranched alkanes of at least 4 members (excludes halogenated alkanes) is 1. The molecule has 2 aromatic rings. The van der Waals surface area contributed by atoms with E-state index in [9.17, 15) is 4.79 Å². The molecule has 3 rings (SSSR count). The van der Waals surface area contributed by atoms with Crippen molar-refractivity contribution >= 4 is 5.91 Å². The van der Waals surface area contributed by atoms with Gasteiger partial charge in [0.25, 0.3) is 0 Å². The molecule has 1 aliphatic carbocycles. The lowest BCUT2D eigenvalue weighted by Gasteiger charge is -2.29. The van der Waals surface area contributed by atoms with Gasteiger partial charge in [-0.1, -0.05) is 32.4 Å². The number of nitrogens with one attached hydrogen (secondary N) is 2. The van der Waals surface area contributed by atoms with Crippen LogP contribution in [0.4, 0.5) is 0 Å². The van der Waals surface area contributed by atoms with E-state index >= 15 is 0 Å². The van der Waals surface area contributed by atoms with Crippen molar-refractivity contribution in [3.05, 3.63) is 59.7 Å².